The maximum Gasteiger partial charge on any atom is 0.156 e. The van der Waals surface area contributed by atoms with Gasteiger partial charge in [-0.25, -0.2) is 9.97 Å². The van der Waals surface area contributed by atoms with E-state index in [2.05, 4.69) is 14.9 Å². The number of rotatable bonds is 2. The van der Waals surface area contributed by atoms with Crippen LogP contribution in [-0.4, -0.2) is 41.6 Å². The van der Waals surface area contributed by atoms with E-state index >= 15 is 0 Å². The van der Waals surface area contributed by atoms with Crippen molar-refractivity contribution in [3.8, 4) is 0 Å². The molecule has 5 nitrogen and oxygen atoms in total. The second-order valence-corrected chi connectivity index (χ2v) is 5.73. The van der Waals surface area contributed by atoms with E-state index in [4.69, 9.17) is 16.3 Å². The number of hydrogen-bond donors (Lipinski definition) is 0. The Bertz CT molecular complexity index is 521. The molecule has 2 fully saturated rings. The van der Waals surface area contributed by atoms with Gasteiger partial charge < -0.3 is 9.64 Å². The molecule has 108 valence electrons. The molecule has 1 aliphatic carbocycles. The van der Waals surface area contributed by atoms with Crippen molar-refractivity contribution < 1.29 is 9.53 Å². The monoisotopic (exact) mass is 295 g/mol. The van der Waals surface area contributed by atoms with Gasteiger partial charge >= 0.3 is 0 Å². The molecule has 1 aromatic heterocycles. The molecule has 0 N–H and O–H groups in total. The highest BCUT2D eigenvalue weighted by atomic mass is 35.5. The fourth-order valence-corrected chi connectivity index (χ4v) is 3.46. The van der Waals surface area contributed by atoms with E-state index in [9.17, 15) is 4.79 Å². The fraction of sp³-hybridized carbons (Fsp3) is 0.643. The minimum Gasteiger partial charge on any atom is -0.374 e. The highest BCUT2D eigenvalue weighted by Crippen LogP contribution is 2.33. The maximum absolute atomic E-state index is 11.3. The smallest absolute Gasteiger partial charge is 0.156 e. The molecule has 0 aromatic carbocycles. The van der Waals surface area contributed by atoms with Crippen molar-refractivity contribution in [2.45, 2.75) is 44.8 Å². The third-order valence-corrected chi connectivity index (χ3v) is 4.40. The van der Waals surface area contributed by atoms with Gasteiger partial charge in [0.15, 0.2) is 6.29 Å². The molecule has 20 heavy (non-hydrogen) atoms. The fourth-order valence-electron chi connectivity index (χ4n) is 3.21. The summed E-state index contributed by atoms with van der Waals surface area (Å²) in [7, 11) is 0. The molecular weight excluding hydrogens is 278 g/mol. The normalized spacial score (nSPS) is 26.2. The Labute approximate surface area is 123 Å². The van der Waals surface area contributed by atoms with Gasteiger partial charge in [0, 0.05) is 6.54 Å². The van der Waals surface area contributed by atoms with Gasteiger partial charge in [-0.3, -0.25) is 4.79 Å². The highest BCUT2D eigenvalue weighted by Gasteiger charge is 2.36. The Morgan fingerprint density at radius 1 is 1.35 bits per heavy atom. The van der Waals surface area contributed by atoms with Gasteiger partial charge in [0.05, 0.1) is 24.3 Å². The predicted molar refractivity (Wildman–Crippen MR) is 76.5 cm³/mol. The van der Waals surface area contributed by atoms with E-state index < -0.39 is 0 Å². The van der Waals surface area contributed by atoms with E-state index in [0.29, 0.717) is 29.9 Å². The molecule has 3 rings (SSSR count). The molecule has 0 radical (unpaired) electrons. The van der Waals surface area contributed by atoms with Crippen LogP contribution in [0.15, 0.2) is 0 Å². The summed E-state index contributed by atoms with van der Waals surface area (Å²) in [5.41, 5.74) is 0.392. The standard InChI is InChI=1S/C14H18ClN3O2/c1-9-16-13(15)10(8-19)14(17-9)18-6-7-20-12-5-3-2-4-11(12)18/h8,11-12H,2-7H2,1H3. The summed E-state index contributed by atoms with van der Waals surface area (Å²) in [6.07, 6.45) is 5.55. The highest BCUT2D eigenvalue weighted by molar-refractivity contribution is 6.32. The van der Waals surface area contributed by atoms with Crippen LogP contribution in [-0.2, 0) is 4.74 Å². The quantitative estimate of drug-likeness (QED) is 0.619. The summed E-state index contributed by atoms with van der Waals surface area (Å²) in [5.74, 6) is 1.26. The van der Waals surface area contributed by atoms with Crippen molar-refractivity contribution >= 4 is 23.7 Å². The number of anilines is 1. The molecule has 0 spiro atoms. The Morgan fingerprint density at radius 2 is 2.15 bits per heavy atom. The van der Waals surface area contributed by atoms with E-state index in [0.717, 1.165) is 25.7 Å². The van der Waals surface area contributed by atoms with Gasteiger partial charge in [-0.1, -0.05) is 24.4 Å². The summed E-state index contributed by atoms with van der Waals surface area (Å²) < 4.78 is 5.86. The molecule has 2 aliphatic rings. The molecule has 2 heterocycles. The van der Waals surface area contributed by atoms with Crippen LogP contribution in [0, 0.1) is 6.92 Å². The number of aldehydes is 1. The number of aryl methyl sites for hydroxylation is 1. The molecule has 1 saturated carbocycles. The Hall–Kier alpha value is -1.20. The Kier molecular flexibility index (Phi) is 3.89. The number of halogens is 1. The zero-order valence-electron chi connectivity index (χ0n) is 11.5. The first-order valence-electron chi connectivity index (χ1n) is 7.08. The van der Waals surface area contributed by atoms with E-state index in [1.54, 1.807) is 6.92 Å². The van der Waals surface area contributed by atoms with E-state index in [1.807, 2.05) is 0 Å². The molecule has 6 heteroatoms. The van der Waals surface area contributed by atoms with Gasteiger partial charge in [0.1, 0.15) is 16.8 Å². The first-order valence-corrected chi connectivity index (χ1v) is 7.46. The number of carbonyl (C=O) groups is 1. The van der Waals surface area contributed by atoms with Gasteiger partial charge in [-0.15, -0.1) is 0 Å². The molecule has 0 amide bonds. The summed E-state index contributed by atoms with van der Waals surface area (Å²) in [4.78, 5) is 22.1. The lowest BCUT2D eigenvalue weighted by Crippen LogP contribution is -2.53. The van der Waals surface area contributed by atoms with Crippen molar-refractivity contribution in [3.63, 3.8) is 0 Å². The van der Waals surface area contributed by atoms with Crippen molar-refractivity contribution in [2.75, 3.05) is 18.1 Å². The van der Waals surface area contributed by atoms with Crippen LogP contribution in [0.1, 0.15) is 41.9 Å². The lowest BCUT2D eigenvalue weighted by molar-refractivity contribution is -0.00905. The van der Waals surface area contributed by atoms with Gasteiger partial charge in [-0.2, -0.15) is 0 Å². The Morgan fingerprint density at radius 3 is 2.95 bits per heavy atom. The SMILES string of the molecule is Cc1nc(Cl)c(C=O)c(N2CCOC3CCCCC32)n1. The maximum atomic E-state index is 11.3. The summed E-state index contributed by atoms with van der Waals surface area (Å²) in [6, 6.07) is 0.293. The molecule has 1 aromatic rings. The molecule has 2 unspecified atom stereocenters. The van der Waals surface area contributed by atoms with Crippen LogP contribution in [0.4, 0.5) is 5.82 Å². The van der Waals surface area contributed by atoms with Crippen LogP contribution in [0.25, 0.3) is 0 Å². The zero-order chi connectivity index (χ0) is 14.1. The molecule has 1 saturated heterocycles. The minimum atomic E-state index is 0.237. The van der Waals surface area contributed by atoms with Crippen molar-refractivity contribution in [1.82, 2.24) is 9.97 Å². The second-order valence-electron chi connectivity index (χ2n) is 5.37. The van der Waals surface area contributed by atoms with Crippen LogP contribution in [0.5, 0.6) is 0 Å². The molecular formula is C14H18ClN3O2. The van der Waals surface area contributed by atoms with Crippen molar-refractivity contribution in [2.24, 2.45) is 0 Å². The lowest BCUT2D eigenvalue weighted by atomic mass is 9.90. The Balaban J connectivity index is 2.00. The van der Waals surface area contributed by atoms with Gasteiger partial charge in [-0.05, 0) is 19.8 Å². The topological polar surface area (TPSA) is 55.3 Å². The summed E-state index contributed by atoms with van der Waals surface area (Å²) >= 11 is 6.09. The van der Waals surface area contributed by atoms with Crippen molar-refractivity contribution in [1.29, 1.82) is 0 Å². The first kappa shape index (κ1) is 13.8. The number of fused-ring (bicyclic) bond motifs is 1. The number of morpholine rings is 1. The third-order valence-electron chi connectivity index (χ3n) is 4.11. The second kappa shape index (κ2) is 5.66. The van der Waals surface area contributed by atoms with Crippen LogP contribution < -0.4 is 4.90 Å². The van der Waals surface area contributed by atoms with E-state index in [1.165, 1.54) is 12.8 Å². The van der Waals surface area contributed by atoms with Gasteiger partial charge in [0.25, 0.3) is 0 Å². The number of ether oxygens (including phenoxy) is 1. The van der Waals surface area contributed by atoms with Gasteiger partial charge in [0.2, 0.25) is 0 Å². The minimum absolute atomic E-state index is 0.237. The number of nitrogens with zero attached hydrogens (tertiary/aromatic N) is 3. The zero-order valence-corrected chi connectivity index (χ0v) is 12.3. The number of aromatic nitrogens is 2. The van der Waals surface area contributed by atoms with Crippen LogP contribution >= 0.6 is 11.6 Å². The molecule has 2 atom stereocenters. The summed E-state index contributed by atoms with van der Waals surface area (Å²) in [5, 5.41) is 0.237. The first-order chi connectivity index (χ1) is 9.70. The van der Waals surface area contributed by atoms with E-state index in [-0.39, 0.29) is 11.3 Å². The number of hydrogen-bond acceptors (Lipinski definition) is 5. The average molecular weight is 296 g/mol. The molecule has 0 bridgehead atoms. The third kappa shape index (κ3) is 2.40. The molecule has 1 aliphatic heterocycles. The largest absolute Gasteiger partial charge is 0.374 e. The average Bonchev–Trinajstić information content (AvgIpc) is 2.46. The predicted octanol–water partition coefficient (Wildman–Crippen LogP) is 2.40. The van der Waals surface area contributed by atoms with Crippen molar-refractivity contribution in [3.05, 3.63) is 16.5 Å². The summed E-state index contributed by atoms with van der Waals surface area (Å²) in [6.45, 7) is 3.21. The van der Waals surface area contributed by atoms with Crippen LogP contribution in [0.2, 0.25) is 5.15 Å². The van der Waals surface area contributed by atoms with Crippen LogP contribution in [0.3, 0.4) is 0 Å². The number of carbonyl (C=O) groups excluding carboxylic acids is 1. The lowest BCUT2D eigenvalue weighted by Gasteiger charge is -2.44.